The standard InChI is InChI=1S/C17H14N2O6S/c1-23-11-4-13-12(24-7-25-13)2-8(11)5-18-16(20)10-3-14-15(19-10)9(6-26-14)17(21)22/h2-4,6,19H,5,7H2,1H3,(H,18,20)(H,21,22). The van der Waals surface area contributed by atoms with Crippen LogP contribution < -0.4 is 19.5 Å². The van der Waals surface area contributed by atoms with Crippen LogP contribution in [0.4, 0.5) is 0 Å². The first-order chi connectivity index (χ1) is 12.6. The number of carboxylic acid groups (broad SMARTS) is 1. The maximum atomic E-state index is 12.4. The number of carbonyl (C=O) groups is 2. The maximum absolute atomic E-state index is 12.4. The molecule has 2 aromatic heterocycles. The number of H-pyrrole nitrogens is 1. The lowest BCUT2D eigenvalue weighted by Crippen LogP contribution is -2.23. The second-order valence-corrected chi connectivity index (χ2v) is 6.49. The number of nitrogens with one attached hydrogen (secondary N) is 2. The molecule has 0 saturated heterocycles. The molecule has 0 bridgehead atoms. The molecule has 3 heterocycles. The molecule has 0 radical (unpaired) electrons. The molecule has 0 atom stereocenters. The number of amides is 1. The number of hydrogen-bond acceptors (Lipinski definition) is 6. The highest BCUT2D eigenvalue weighted by molar-refractivity contribution is 7.17. The number of ether oxygens (including phenoxy) is 3. The summed E-state index contributed by atoms with van der Waals surface area (Å²) < 4.78 is 16.7. The summed E-state index contributed by atoms with van der Waals surface area (Å²) in [5, 5.41) is 13.5. The van der Waals surface area contributed by atoms with E-state index in [1.807, 2.05) is 0 Å². The maximum Gasteiger partial charge on any atom is 0.338 e. The van der Waals surface area contributed by atoms with Crippen molar-refractivity contribution in [3.05, 3.63) is 40.4 Å². The summed E-state index contributed by atoms with van der Waals surface area (Å²) in [5.74, 6) is 0.402. The highest BCUT2D eigenvalue weighted by Crippen LogP contribution is 2.38. The van der Waals surface area contributed by atoms with Crippen LogP contribution in [0.1, 0.15) is 26.4 Å². The Morgan fingerprint density at radius 1 is 1.31 bits per heavy atom. The van der Waals surface area contributed by atoms with E-state index >= 15 is 0 Å². The molecule has 3 N–H and O–H groups in total. The van der Waals surface area contributed by atoms with Gasteiger partial charge in [-0.15, -0.1) is 11.3 Å². The molecule has 26 heavy (non-hydrogen) atoms. The second-order valence-electron chi connectivity index (χ2n) is 5.58. The van der Waals surface area contributed by atoms with Crippen LogP contribution >= 0.6 is 11.3 Å². The van der Waals surface area contributed by atoms with Crippen LogP contribution in [0.15, 0.2) is 23.6 Å². The summed E-state index contributed by atoms with van der Waals surface area (Å²) in [6.07, 6.45) is 0. The average Bonchev–Trinajstić information content (AvgIpc) is 3.32. The lowest BCUT2D eigenvalue weighted by Gasteiger charge is -2.10. The zero-order valence-electron chi connectivity index (χ0n) is 13.6. The molecule has 1 aromatic carbocycles. The summed E-state index contributed by atoms with van der Waals surface area (Å²) in [6, 6.07) is 5.11. The Balaban J connectivity index is 1.53. The van der Waals surface area contributed by atoms with Crippen LogP contribution in [-0.4, -0.2) is 35.9 Å². The smallest absolute Gasteiger partial charge is 0.338 e. The molecule has 1 amide bonds. The molecule has 4 rings (SSSR count). The molecule has 0 fully saturated rings. The van der Waals surface area contributed by atoms with Gasteiger partial charge in [-0.1, -0.05) is 0 Å². The van der Waals surface area contributed by atoms with Crippen molar-refractivity contribution in [2.24, 2.45) is 0 Å². The predicted octanol–water partition coefficient (Wildman–Crippen LogP) is 2.59. The summed E-state index contributed by atoms with van der Waals surface area (Å²) in [5.41, 5.74) is 1.65. The van der Waals surface area contributed by atoms with Crippen LogP contribution in [0, 0.1) is 0 Å². The predicted molar refractivity (Wildman–Crippen MR) is 93.4 cm³/mol. The molecule has 0 saturated carbocycles. The lowest BCUT2D eigenvalue weighted by atomic mass is 10.1. The molecule has 9 heteroatoms. The van der Waals surface area contributed by atoms with Gasteiger partial charge in [0.05, 0.1) is 22.9 Å². The fraction of sp³-hybridized carbons (Fsp3) is 0.176. The number of carboxylic acids is 1. The Labute approximate surface area is 151 Å². The van der Waals surface area contributed by atoms with Crippen molar-refractivity contribution in [1.82, 2.24) is 10.3 Å². The molecule has 3 aromatic rings. The van der Waals surface area contributed by atoms with Gasteiger partial charge >= 0.3 is 5.97 Å². The fourth-order valence-electron chi connectivity index (χ4n) is 2.75. The van der Waals surface area contributed by atoms with Crippen molar-refractivity contribution in [3.8, 4) is 17.2 Å². The van der Waals surface area contributed by atoms with Crippen molar-refractivity contribution >= 4 is 33.4 Å². The van der Waals surface area contributed by atoms with Crippen LogP contribution in [0.3, 0.4) is 0 Å². The van der Waals surface area contributed by atoms with Gasteiger partial charge in [0.2, 0.25) is 6.79 Å². The number of fused-ring (bicyclic) bond motifs is 2. The van der Waals surface area contributed by atoms with Crippen LogP contribution in [0.25, 0.3) is 10.2 Å². The van der Waals surface area contributed by atoms with E-state index in [4.69, 9.17) is 19.3 Å². The third-order valence-electron chi connectivity index (χ3n) is 4.04. The van der Waals surface area contributed by atoms with Crippen LogP contribution in [-0.2, 0) is 6.54 Å². The number of hydrogen-bond donors (Lipinski definition) is 3. The third kappa shape index (κ3) is 2.72. The third-order valence-corrected chi connectivity index (χ3v) is 4.97. The molecule has 0 aliphatic carbocycles. The van der Waals surface area contributed by atoms with E-state index in [1.165, 1.54) is 18.4 Å². The lowest BCUT2D eigenvalue weighted by molar-refractivity contribution is 0.0698. The van der Waals surface area contributed by atoms with E-state index < -0.39 is 5.97 Å². The topological polar surface area (TPSA) is 110 Å². The van der Waals surface area contributed by atoms with Gasteiger partial charge in [-0.25, -0.2) is 4.79 Å². The zero-order chi connectivity index (χ0) is 18.3. The first-order valence-corrected chi connectivity index (χ1v) is 8.53. The number of rotatable bonds is 5. The van der Waals surface area contributed by atoms with Gasteiger partial charge in [0.25, 0.3) is 5.91 Å². The largest absolute Gasteiger partial charge is 0.496 e. The van der Waals surface area contributed by atoms with Gasteiger partial charge in [0, 0.05) is 23.6 Å². The molecule has 1 aliphatic heterocycles. The Morgan fingerprint density at radius 3 is 2.81 bits per heavy atom. The van der Waals surface area contributed by atoms with Crippen molar-refractivity contribution in [2.45, 2.75) is 6.54 Å². The number of carbonyl (C=O) groups excluding carboxylic acids is 1. The second kappa shape index (κ2) is 6.26. The monoisotopic (exact) mass is 374 g/mol. The first-order valence-electron chi connectivity index (χ1n) is 7.65. The number of benzene rings is 1. The van der Waals surface area contributed by atoms with E-state index in [2.05, 4.69) is 10.3 Å². The number of aromatic amines is 1. The summed E-state index contributed by atoms with van der Waals surface area (Å²) in [6.45, 7) is 0.372. The molecule has 8 nitrogen and oxygen atoms in total. The minimum absolute atomic E-state index is 0.152. The summed E-state index contributed by atoms with van der Waals surface area (Å²) in [4.78, 5) is 26.5. The number of thiophene rings is 1. The van der Waals surface area contributed by atoms with E-state index in [1.54, 1.807) is 23.6 Å². The van der Waals surface area contributed by atoms with Gasteiger partial charge in [-0.2, -0.15) is 0 Å². The highest BCUT2D eigenvalue weighted by atomic mass is 32.1. The highest BCUT2D eigenvalue weighted by Gasteiger charge is 2.20. The Morgan fingerprint density at radius 2 is 2.08 bits per heavy atom. The van der Waals surface area contributed by atoms with Crippen molar-refractivity contribution < 1.29 is 28.9 Å². The Hall–Kier alpha value is -3.20. The SMILES string of the molecule is COc1cc2c(cc1CNC(=O)c1cc3scc(C(=O)O)c3[nH]1)OCO2. The van der Waals surface area contributed by atoms with Gasteiger partial charge in [0.15, 0.2) is 11.5 Å². The average molecular weight is 374 g/mol. The minimum Gasteiger partial charge on any atom is -0.496 e. The number of aromatic nitrogens is 1. The molecule has 0 spiro atoms. The molecule has 134 valence electrons. The normalized spacial score (nSPS) is 12.3. The van der Waals surface area contributed by atoms with Crippen molar-refractivity contribution in [1.29, 1.82) is 0 Å². The Bertz CT molecular complexity index is 1020. The zero-order valence-corrected chi connectivity index (χ0v) is 14.4. The molecule has 1 aliphatic rings. The van der Waals surface area contributed by atoms with Crippen LogP contribution in [0.5, 0.6) is 17.2 Å². The quantitative estimate of drug-likeness (QED) is 0.633. The van der Waals surface area contributed by atoms with Crippen molar-refractivity contribution in [2.75, 3.05) is 13.9 Å². The van der Waals surface area contributed by atoms with Gasteiger partial charge in [-0.3, -0.25) is 4.79 Å². The van der Waals surface area contributed by atoms with Crippen molar-refractivity contribution in [3.63, 3.8) is 0 Å². The van der Waals surface area contributed by atoms with Crippen LogP contribution in [0.2, 0.25) is 0 Å². The van der Waals surface area contributed by atoms with E-state index in [0.717, 1.165) is 5.56 Å². The summed E-state index contributed by atoms with van der Waals surface area (Å²) >= 11 is 1.27. The van der Waals surface area contributed by atoms with E-state index in [-0.39, 0.29) is 24.8 Å². The molecular weight excluding hydrogens is 360 g/mol. The van der Waals surface area contributed by atoms with E-state index in [9.17, 15) is 9.59 Å². The minimum atomic E-state index is -1.03. The number of aromatic carboxylic acids is 1. The van der Waals surface area contributed by atoms with Gasteiger partial charge < -0.3 is 29.6 Å². The first kappa shape index (κ1) is 16.3. The molecular formula is C17H14N2O6S. The van der Waals surface area contributed by atoms with Gasteiger partial charge in [-0.05, 0) is 12.1 Å². The molecule has 0 unspecified atom stereocenters. The number of methoxy groups -OCH3 is 1. The summed E-state index contributed by atoms with van der Waals surface area (Å²) in [7, 11) is 1.54. The van der Waals surface area contributed by atoms with E-state index in [0.29, 0.717) is 33.2 Å². The fourth-order valence-corrected chi connectivity index (χ4v) is 3.68. The Kier molecular flexibility index (Phi) is 3.92. The van der Waals surface area contributed by atoms with Gasteiger partial charge in [0.1, 0.15) is 11.4 Å².